The second-order valence-electron chi connectivity index (χ2n) is 8.42. The minimum atomic E-state index is -0.327. The Balaban J connectivity index is 1.44. The van der Waals surface area contributed by atoms with Gasteiger partial charge in [0.25, 0.3) is 11.8 Å². The molecule has 0 aliphatic heterocycles. The summed E-state index contributed by atoms with van der Waals surface area (Å²) in [6, 6.07) is 18.0. The number of hydrogen-bond donors (Lipinski definition) is 2. The molecule has 0 saturated heterocycles. The minimum Gasteiger partial charge on any atom is -0.322 e. The van der Waals surface area contributed by atoms with Gasteiger partial charge in [0.05, 0.1) is 22.5 Å². The van der Waals surface area contributed by atoms with Crippen LogP contribution in [0.15, 0.2) is 73.1 Å². The lowest BCUT2D eigenvalue weighted by Crippen LogP contribution is -2.15. The Labute approximate surface area is 207 Å². The fourth-order valence-electron chi connectivity index (χ4n) is 4.04. The predicted molar refractivity (Wildman–Crippen MR) is 139 cm³/mol. The van der Waals surface area contributed by atoms with Gasteiger partial charge in [-0.1, -0.05) is 24.3 Å². The van der Waals surface area contributed by atoms with Crippen LogP contribution in [0.2, 0.25) is 0 Å². The van der Waals surface area contributed by atoms with Gasteiger partial charge in [-0.25, -0.2) is 4.98 Å². The van der Waals surface area contributed by atoms with Crippen LogP contribution in [-0.4, -0.2) is 36.4 Å². The van der Waals surface area contributed by atoms with Gasteiger partial charge in [0, 0.05) is 48.3 Å². The molecule has 5 rings (SSSR count). The zero-order valence-electron chi connectivity index (χ0n) is 20.2. The molecule has 0 aliphatic carbocycles. The lowest BCUT2D eigenvalue weighted by atomic mass is 10.0. The molecule has 3 heterocycles. The fraction of sp³-hybridized carbons (Fsp3) is 0.148. The van der Waals surface area contributed by atoms with Crippen molar-refractivity contribution in [2.24, 2.45) is 7.05 Å². The molecule has 0 spiro atoms. The lowest BCUT2D eigenvalue weighted by molar-refractivity contribution is 0.101. The molecule has 0 radical (unpaired) electrons. The van der Waals surface area contributed by atoms with Crippen molar-refractivity contribution in [1.29, 1.82) is 0 Å². The summed E-state index contributed by atoms with van der Waals surface area (Å²) in [6.45, 7) is 4.70. The first-order valence-electron chi connectivity index (χ1n) is 11.6. The number of aromatic nitrogens is 5. The van der Waals surface area contributed by atoms with Gasteiger partial charge < -0.3 is 10.6 Å². The van der Waals surface area contributed by atoms with E-state index >= 15 is 0 Å². The van der Waals surface area contributed by atoms with Gasteiger partial charge in [-0.3, -0.25) is 19.0 Å². The predicted octanol–water partition coefficient (Wildman–Crippen LogP) is 4.66. The van der Waals surface area contributed by atoms with E-state index in [4.69, 9.17) is 4.98 Å². The second kappa shape index (κ2) is 9.46. The van der Waals surface area contributed by atoms with Crippen LogP contribution in [-0.2, 0) is 13.6 Å². The number of anilines is 2. The van der Waals surface area contributed by atoms with E-state index < -0.39 is 0 Å². The van der Waals surface area contributed by atoms with Gasteiger partial charge in [-0.2, -0.15) is 10.2 Å². The Bertz CT molecular complexity index is 1600. The van der Waals surface area contributed by atoms with Crippen LogP contribution in [0.25, 0.3) is 22.2 Å². The van der Waals surface area contributed by atoms with Gasteiger partial charge in [0.2, 0.25) is 0 Å². The van der Waals surface area contributed by atoms with Crippen molar-refractivity contribution in [3.8, 4) is 11.3 Å². The molecular weight excluding hydrogens is 454 g/mol. The third-order valence-electron chi connectivity index (χ3n) is 5.83. The molecule has 2 N–H and O–H groups in total. The number of carbonyl (C=O) groups is 2. The summed E-state index contributed by atoms with van der Waals surface area (Å²) in [5, 5.41) is 15.2. The molecule has 2 aromatic carbocycles. The van der Waals surface area contributed by atoms with E-state index in [1.54, 1.807) is 54.3 Å². The number of benzene rings is 2. The average molecular weight is 480 g/mol. The van der Waals surface area contributed by atoms with Crippen molar-refractivity contribution < 1.29 is 9.59 Å². The van der Waals surface area contributed by atoms with Crippen LogP contribution < -0.4 is 10.6 Å². The summed E-state index contributed by atoms with van der Waals surface area (Å²) in [7, 11) is 1.75. The monoisotopic (exact) mass is 479 g/mol. The van der Waals surface area contributed by atoms with Crippen LogP contribution in [0.1, 0.15) is 33.5 Å². The lowest BCUT2D eigenvalue weighted by Gasteiger charge is -2.11. The van der Waals surface area contributed by atoms with E-state index in [0.717, 1.165) is 28.7 Å². The molecule has 0 fully saturated rings. The number of aryl methyl sites for hydroxylation is 3. The Morgan fingerprint density at radius 2 is 1.67 bits per heavy atom. The van der Waals surface area contributed by atoms with E-state index in [-0.39, 0.29) is 11.8 Å². The first kappa shape index (κ1) is 23.0. The van der Waals surface area contributed by atoms with Gasteiger partial charge in [0.15, 0.2) is 5.69 Å². The van der Waals surface area contributed by atoms with Crippen molar-refractivity contribution in [3.63, 3.8) is 0 Å². The van der Waals surface area contributed by atoms with E-state index in [0.29, 0.717) is 28.3 Å². The molecule has 0 unspecified atom stereocenters. The highest BCUT2D eigenvalue weighted by Crippen LogP contribution is 2.27. The number of hydrogen-bond acceptors (Lipinski definition) is 5. The normalized spacial score (nSPS) is 11.0. The van der Waals surface area contributed by atoms with E-state index in [1.807, 2.05) is 49.0 Å². The number of pyridine rings is 1. The van der Waals surface area contributed by atoms with Crippen molar-refractivity contribution in [3.05, 3.63) is 90.0 Å². The van der Waals surface area contributed by atoms with E-state index in [9.17, 15) is 9.59 Å². The topological polar surface area (TPSA) is 107 Å². The first-order valence-corrected chi connectivity index (χ1v) is 11.6. The molecule has 9 heteroatoms. The summed E-state index contributed by atoms with van der Waals surface area (Å²) in [6.07, 6.45) is 3.65. The van der Waals surface area contributed by atoms with Crippen molar-refractivity contribution in [1.82, 2.24) is 24.5 Å². The maximum absolute atomic E-state index is 13.5. The molecule has 0 atom stereocenters. The van der Waals surface area contributed by atoms with Gasteiger partial charge in [-0.05, 0) is 50.2 Å². The summed E-state index contributed by atoms with van der Waals surface area (Å²) >= 11 is 0. The number of nitrogens with one attached hydrogen (secondary N) is 2. The largest absolute Gasteiger partial charge is 0.322 e. The Hall–Kier alpha value is -4.79. The zero-order chi connectivity index (χ0) is 25.2. The van der Waals surface area contributed by atoms with Crippen LogP contribution >= 0.6 is 0 Å². The summed E-state index contributed by atoms with van der Waals surface area (Å²) in [5.74, 6) is -0.601. The van der Waals surface area contributed by atoms with Crippen molar-refractivity contribution in [2.75, 3.05) is 10.6 Å². The van der Waals surface area contributed by atoms with Crippen LogP contribution in [0, 0.1) is 6.92 Å². The third kappa shape index (κ3) is 4.58. The molecule has 180 valence electrons. The quantitative estimate of drug-likeness (QED) is 0.368. The molecular formula is C27H25N7O2. The highest BCUT2D eigenvalue weighted by Gasteiger charge is 2.17. The Morgan fingerprint density at radius 1 is 0.917 bits per heavy atom. The van der Waals surface area contributed by atoms with Crippen LogP contribution in [0.5, 0.6) is 0 Å². The smallest absolute Gasteiger partial charge is 0.276 e. The maximum Gasteiger partial charge on any atom is 0.276 e. The first-order chi connectivity index (χ1) is 17.4. The molecule has 2 amide bonds. The standard InChI is InChI=1S/C27H25N7O2/c1-4-34-16-22(17(2)31-34)25-15-21(20-10-5-6-11-23(20)30-25)26(35)28-18-8-7-9-19(14-18)29-27(36)24-12-13-33(3)32-24/h5-16H,4H2,1-3H3,(H,28,35)(H,29,36). The molecule has 9 nitrogen and oxygen atoms in total. The highest BCUT2D eigenvalue weighted by atomic mass is 16.2. The van der Waals surface area contributed by atoms with Crippen LogP contribution in [0.3, 0.4) is 0 Å². The molecule has 0 bridgehead atoms. The van der Waals surface area contributed by atoms with Crippen molar-refractivity contribution >= 4 is 34.1 Å². The van der Waals surface area contributed by atoms with Gasteiger partial charge in [-0.15, -0.1) is 0 Å². The second-order valence-corrected chi connectivity index (χ2v) is 8.42. The average Bonchev–Trinajstić information content (AvgIpc) is 3.48. The zero-order valence-corrected chi connectivity index (χ0v) is 20.2. The number of nitrogens with zero attached hydrogens (tertiary/aromatic N) is 5. The molecule has 0 saturated carbocycles. The third-order valence-corrected chi connectivity index (χ3v) is 5.83. The van der Waals surface area contributed by atoms with E-state index in [2.05, 4.69) is 20.8 Å². The Kier molecular flexibility index (Phi) is 6.03. The molecule has 3 aromatic heterocycles. The summed E-state index contributed by atoms with van der Waals surface area (Å²) < 4.78 is 3.42. The molecule has 5 aromatic rings. The van der Waals surface area contributed by atoms with Gasteiger partial charge in [0.1, 0.15) is 0 Å². The van der Waals surface area contributed by atoms with E-state index in [1.165, 1.54) is 0 Å². The Morgan fingerprint density at radius 3 is 2.36 bits per heavy atom. The number of amides is 2. The van der Waals surface area contributed by atoms with Crippen molar-refractivity contribution in [2.45, 2.75) is 20.4 Å². The summed E-state index contributed by atoms with van der Waals surface area (Å²) in [5.41, 5.74) is 5.06. The number of rotatable bonds is 6. The summed E-state index contributed by atoms with van der Waals surface area (Å²) in [4.78, 5) is 30.7. The number of carbonyl (C=O) groups excluding carboxylic acids is 2. The fourth-order valence-corrected chi connectivity index (χ4v) is 4.04. The number of fused-ring (bicyclic) bond motifs is 1. The minimum absolute atomic E-state index is 0.274. The highest BCUT2D eigenvalue weighted by molar-refractivity contribution is 6.13. The SMILES string of the molecule is CCn1cc(-c2cc(C(=O)Nc3cccc(NC(=O)c4ccn(C)n4)c3)c3ccccc3n2)c(C)n1. The van der Waals surface area contributed by atoms with Crippen LogP contribution in [0.4, 0.5) is 11.4 Å². The van der Waals surface area contributed by atoms with Gasteiger partial charge >= 0.3 is 0 Å². The number of para-hydroxylation sites is 1. The maximum atomic E-state index is 13.5. The molecule has 0 aliphatic rings. The molecule has 36 heavy (non-hydrogen) atoms.